The Morgan fingerprint density at radius 3 is 2.55 bits per heavy atom. The van der Waals surface area contributed by atoms with Gasteiger partial charge < -0.3 is 15.7 Å². The first kappa shape index (κ1) is 17.5. The standard InChI is InChI=1S/C17H33N3O2/c1-13-5-4-10-20(11-13)17(2,3)12-18-16(22)19-14-6-8-15(21)9-7-14/h13-15,21H,4-12H2,1-3H3,(H2,18,19,22). The summed E-state index contributed by atoms with van der Waals surface area (Å²) in [6.07, 6.45) is 5.73. The number of amides is 2. The normalized spacial score (nSPS) is 30.8. The lowest BCUT2D eigenvalue weighted by molar-refractivity contribution is 0.0720. The number of rotatable bonds is 4. The Balaban J connectivity index is 1.72. The van der Waals surface area contributed by atoms with E-state index >= 15 is 0 Å². The lowest BCUT2D eigenvalue weighted by atomic mass is 9.93. The summed E-state index contributed by atoms with van der Waals surface area (Å²) in [6.45, 7) is 9.64. The number of nitrogens with zero attached hydrogens (tertiary/aromatic N) is 1. The average Bonchev–Trinajstić information content (AvgIpc) is 2.48. The molecule has 2 rings (SSSR count). The summed E-state index contributed by atoms with van der Waals surface area (Å²) in [7, 11) is 0. The van der Waals surface area contributed by atoms with Crippen molar-refractivity contribution in [3.63, 3.8) is 0 Å². The van der Waals surface area contributed by atoms with Gasteiger partial charge in [0.15, 0.2) is 0 Å². The highest BCUT2D eigenvalue weighted by Crippen LogP contribution is 2.23. The minimum atomic E-state index is -0.180. The van der Waals surface area contributed by atoms with Gasteiger partial charge >= 0.3 is 6.03 Å². The summed E-state index contributed by atoms with van der Waals surface area (Å²) in [6, 6.07) is 0.140. The number of nitrogens with one attached hydrogen (secondary N) is 2. The Bertz CT molecular complexity index is 365. The molecule has 2 fully saturated rings. The van der Waals surface area contributed by atoms with Gasteiger partial charge in [-0.15, -0.1) is 0 Å². The van der Waals surface area contributed by atoms with E-state index in [0.717, 1.165) is 44.7 Å². The second-order valence-electron chi connectivity index (χ2n) is 7.84. The highest BCUT2D eigenvalue weighted by molar-refractivity contribution is 5.74. The van der Waals surface area contributed by atoms with Gasteiger partial charge in [-0.05, 0) is 64.8 Å². The van der Waals surface area contributed by atoms with Gasteiger partial charge in [0.05, 0.1) is 6.10 Å². The number of carbonyl (C=O) groups excluding carboxylic acids is 1. The Labute approximate surface area is 134 Å². The molecule has 2 amide bonds. The summed E-state index contributed by atoms with van der Waals surface area (Å²) in [5, 5.41) is 15.6. The van der Waals surface area contributed by atoms with Crippen LogP contribution in [0.4, 0.5) is 4.79 Å². The number of aliphatic hydroxyl groups excluding tert-OH is 1. The maximum absolute atomic E-state index is 12.1. The molecule has 0 radical (unpaired) electrons. The fourth-order valence-corrected chi connectivity index (χ4v) is 3.60. The van der Waals surface area contributed by atoms with Crippen LogP contribution in [0.2, 0.25) is 0 Å². The third kappa shape index (κ3) is 5.13. The van der Waals surface area contributed by atoms with Crippen LogP contribution < -0.4 is 10.6 Å². The quantitative estimate of drug-likeness (QED) is 0.745. The first-order chi connectivity index (χ1) is 10.4. The van der Waals surface area contributed by atoms with Gasteiger partial charge in [-0.3, -0.25) is 4.90 Å². The summed E-state index contributed by atoms with van der Waals surface area (Å²) in [5.41, 5.74) is -0.00518. The Hall–Kier alpha value is -0.810. The number of urea groups is 1. The zero-order chi connectivity index (χ0) is 16.2. The van der Waals surface area contributed by atoms with Gasteiger partial charge in [0.25, 0.3) is 0 Å². The molecule has 0 aromatic rings. The van der Waals surface area contributed by atoms with Gasteiger partial charge in [0, 0.05) is 24.7 Å². The highest BCUT2D eigenvalue weighted by Gasteiger charge is 2.30. The third-order valence-corrected chi connectivity index (χ3v) is 5.23. The van der Waals surface area contributed by atoms with Crippen LogP contribution in [-0.4, -0.2) is 53.4 Å². The SMILES string of the molecule is CC1CCCN(C(C)(C)CNC(=O)NC2CCC(O)CC2)C1. The first-order valence-electron chi connectivity index (χ1n) is 8.84. The van der Waals surface area contributed by atoms with Crippen molar-refractivity contribution < 1.29 is 9.90 Å². The van der Waals surface area contributed by atoms with Crippen molar-refractivity contribution in [3.8, 4) is 0 Å². The molecule has 22 heavy (non-hydrogen) atoms. The van der Waals surface area contributed by atoms with E-state index in [0.29, 0.717) is 6.54 Å². The molecule has 1 aliphatic carbocycles. The second-order valence-corrected chi connectivity index (χ2v) is 7.84. The minimum Gasteiger partial charge on any atom is -0.393 e. The maximum Gasteiger partial charge on any atom is 0.315 e. The lowest BCUT2D eigenvalue weighted by Crippen LogP contribution is -2.56. The van der Waals surface area contributed by atoms with Crippen LogP contribution in [0.3, 0.4) is 0 Å². The molecule has 1 saturated heterocycles. The van der Waals surface area contributed by atoms with Gasteiger partial charge in [-0.25, -0.2) is 4.79 Å². The Kier molecular flexibility index (Phi) is 6.09. The van der Waals surface area contributed by atoms with Gasteiger partial charge in [-0.2, -0.15) is 0 Å². The molecule has 2 aliphatic rings. The van der Waals surface area contributed by atoms with Crippen molar-refractivity contribution in [3.05, 3.63) is 0 Å². The third-order valence-electron chi connectivity index (χ3n) is 5.23. The van der Waals surface area contributed by atoms with E-state index in [9.17, 15) is 9.90 Å². The molecule has 128 valence electrons. The molecule has 1 heterocycles. The fraction of sp³-hybridized carbons (Fsp3) is 0.941. The molecule has 1 atom stereocenters. The Morgan fingerprint density at radius 1 is 1.23 bits per heavy atom. The van der Waals surface area contributed by atoms with E-state index in [1.165, 1.54) is 12.8 Å². The van der Waals surface area contributed by atoms with Crippen LogP contribution in [0.15, 0.2) is 0 Å². The van der Waals surface area contributed by atoms with Crippen molar-refractivity contribution in [1.29, 1.82) is 0 Å². The average molecular weight is 311 g/mol. The number of likely N-dealkylation sites (tertiary alicyclic amines) is 1. The molecule has 0 bridgehead atoms. The van der Waals surface area contributed by atoms with E-state index in [-0.39, 0.29) is 23.7 Å². The Morgan fingerprint density at radius 2 is 1.91 bits per heavy atom. The molecular weight excluding hydrogens is 278 g/mol. The number of carbonyl (C=O) groups is 1. The molecule has 0 spiro atoms. The van der Waals surface area contributed by atoms with Crippen LogP contribution in [-0.2, 0) is 0 Å². The fourth-order valence-electron chi connectivity index (χ4n) is 3.60. The molecule has 1 unspecified atom stereocenters. The molecular formula is C17H33N3O2. The zero-order valence-electron chi connectivity index (χ0n) is 14.4. The van der Waals surface area contributed by atoms with Crippen molar-refractivity contribution in [2.45, 2.75) is 77.0 Å². The number of aliphatic hydroxyl groups is 1. The largest absolute Gasteiger partial charge is 0.393 e. The van der Waals surface area contributed by atoms with E-state index in [1.54, 1.807) is 0 Å². The smallest absolute Gasteiger partial charge is 0.315 e. The molecule has 0 aromatic carbocycles. The molecule has 5 heteroatoms. The number of piperidine rings is 1. The molecule has 0 aromatic heterocycles. The number of hydrogen-bond donors (Lipinski definition) is 3. The van der Waals surface area contributed by atoms with E-state index < -0.39 is 0 Å². The summed E-state index contributed by atoms with van der Waals surface area (Å²) in [5.74, 6) is 0.746. The zero-order valence-corrected chi connectivity index (χ0v) is 14.4. The number of hydrogen-bond acceptors (Lipinski definition) is 3. The summed E-state index contributed by atoms with van der Waals surface area (Å²) in [4.78, 5) is 14.6. The van der Waals surface area contributed by atoms with E-state index in [4.69, 9.17) is 0 Å². The minimum absolute atomic E-state index is 0.00518. The molecule has 5 nitrogen and oxygen atoms in total. The van der Waals surface area contributed by atoms with Crippen molar-refractivity contribution in [1.82, 2.24) is 15.5 Å². The van der Waals surface area contributed by atoms with Crippen LogP contribution in [0.5, 0.6) is 0 Å². The maximum atomic E-state index is 12.1. The lowest BCUT2D eigenvalue weighted by Gasteiger charge is -2.43. The van der Waals surface area contributed by atoms with Gasteiger partial charge in [-0.1, -0.05) is 6.92 Å². The van der Waals surface area contributed by atoms with E-state index in [2.05, 4.69) is 36.3 Å². The van der Waals surface area contributed by atoms with Gasteiger partial charge in [0.2, 0.25) is 0 Å². The topological polar surface area (TPSA) is 64.6 Å². The molecule has 1 saturated carbocycles. The second kappa shape index (κ2) is 7.64. The molecule has 1 aliphatic heterocycles. The predicted molar refractivity (Wildman–Crippen MR) is 88.8 cm³/mol. The van der Waals surface area contributed by atoms with Crippen molar-refractivity contribution >= 4 is 6.03 Å². The van der Waals surface area contributed by atoms with Crippen LogP contribution in [0.25, 0.3) is 0 Å². The first-order valence-corrected chi connectivity index (χ1v) is 8.84. The van der Waals surface area contributed by atoms with Crippen LogP contribution in [0.1, 0.15) is 59.3 Å². The van der Waals surface area contributed by atoms with Crippen LogP contribution >= 0.6 is 0 Å². The monoisotopic (exact) mass is 311 g/mol. The summed E-state index contributed by atoms with van der Waals surface area (Å²) < 4.78 is 0. The van der Waals surface area contributed by atoms with Gasteiger partial charge in [0.1, 0.15) is 0 Å². The highest BCUT2D eigenvalue weighted by atomic mass is 16.3. The summed E-state index contributed by atoms with van der Waals surface area (Å²) >= 11 is 0. The molecule has 3 N–H and O–H groups in total. The van der Waals surface area contributed by atoms with Crippen molar-refractivity contribution in [2.24, 2.45) is 5.92 Å². The van der Waals surface area contributed by atoms with Crippen LogP contribution in [0, 0.1) is 5.92 Å². The van der Waals surface area contributed by atoms with E-state index in [1.807, 2.05) is 0 Å². The predicted octanol–water partition coefficient (Wildman–Crippen LogP) is 2.10. The van der Waals surface area contributed by atoms with Crippen molar-refractivity contribution in [2.75, 3.05) is 19.6 Å².